The van der Waals surface area contributed by atoms with Gasteiger partial charge in [-0.2, -0.15) is 0 Å². The molecule has 1 amide bonds. The van der Waals surface area contributed by atoms with Crippen molar-refractivity contribution in [3.63, 3.8) is 0 Å². The molecule has 1 atom stereocenters. The molecular formula is C18H26N4O2. The molecule has 1 saturated heterocycles. The van der Waals surface area contributed by atoms with Crippen LogP contribution < -0.4 is 11.0 Å². The van der Waals surface area contributed by atoms with Crippen LogP contribution >= 0.6 is 0 Å². The summed E-state index contributed by atoms with van der Waals surface area (Å²) in [5, 5.41) is 3.25. The Morgan fingerprint density at radius 1 is 1.33 bits per heavy atom. The molecule has 0 radical (unpaired) electrons. The van der Waals surface area contributed by atoms with Gasteiger partial charge in [0.2, 0.25) is 5.91 Å². The number of likely N-dealkylation sites (tertiary alicyclic amines) is 1. The van der Waals surface area contributed by atoms with Crippen molar-refractivity contribution in [1.82, 2.24) is 19.8 Å². The van der Waals surface area contributed by atoms with Gasteiger partial charge in [-0.05, 0) is 44.9 Å². The second-order valence-electron chi connectivity index (χ2n) is 6.55. The van der Waals surface area contributed by atoms with E-state index in [9.17, 15) is 9.59 Å². The number of piperidine rings is 1. The van der Waals surface area contributed by atoms with E-state index >= 15 is 0 Å². The molecule has 6 heteroatoms. The molecule has 1 unspecified atom stereocenters. The molecule has 1 aromatic heterocycles. The smallest absolute Gasteiger partial charge is 0.326 e. The molecule has 0 saturated carbocycles. The Balaban J connectivity index is 1.67. The monoisotopic (exact) mass is 330 g/mol. The van der Waals surface area contributed by atoms with Crippen molar-refractivity contribution >= 4 is 16.9 Å². The summed E-state index contributed by atoms with van der Waals surface area (Å²) in [6.45, 7) is 6.28. The molecule has 1 aromatic carbocycles. The van der Waals surface area contributed by atoms with Crippen molar-refractivity contribution in [2.45, 2.75) is 45.2 Å². The van der Waals surface area contributed by atoms with E-state index in [0.717, 1.165) is 36.8 Å². The number of aromatic amines is 1. The molecule has 2 aromatic rings. The Morgan fingerprint density at radius 2 is 2.04 bits per heavy atom. The van der Waals surface area contributed by atoms with Crippen molar-refractivity contribution in [2.75, 3.05) is 19.6 Å². The average Bonchev–Trinajstić information content (AvgIpc) is 2.95. The number of hydrogen-bond donors (Lipinski definition) is 2. The van der Waals surface area contributed by atoms with Crippen molar-refractivity contribution in [1.29, 1.82) is 0 Å². The van der Waals surface area contributed by atoms with E-state index in [1.165, 1.54) is 0 Å². The van der Waals surface area contributed by atoms with Gasteiger partial charge in [-0.1, -0.05) is 19.1 Å². The number of carbonyl (C=O) groups is 1. The number of nitrogens with one attached hydrogen (secondary N) is 2. The first-order valence-corrected chi connectivity index (χ1v) is 8.83. The van der Waals surface area contributed by atoms with Crippen LogP contribution in [0.3, 0.4) is 0 Å². The number of aromatic nitrogens is 2. The van der Waals surface area contributed by atoms with E-state index in [4.69, 9.17) is 0 Å². The van der Waals surface area contributed by atoms with E-state index in [1.54, 1.807) is 0 Å². The maximum atomic E-state index is 12.5. The van der Waals surface area contributed by atoms with Gasteiger partial charge in [0.15, 0.2) is 0 Å². The number of amides is 1. The van der Waals surface area contributed by atoms with E-state index in [0.29, 0.717) is 13.1 Å². The number of hydrogen-bond acceptors (Lipinski definition) is 3. The molecule has 0 aliphatic carbocycles. The van der Waals surface area contributed by atoms with Gasteiger partial charge in [-0.25, -0.2) is 4.79 Å². The largest absolute Gasteiger partial charge is 0.341 e. The second-order valence-corrected chi connectivity index (χ2v) is 6.55. The minimum atomic E-state index is -0.141. The molecule has 3 rings (SSSR count). The van der Waals surface area contributed by atoms with Crippen LogP contribution in [0.1, 0.15) is 39.2 Å². The fourth-order valence-electron chi connectivity index (χ4n) is 3.50. The minimum Gasteiger partial charge on any atom is -0.341 e. The van der Waals surface area contributed by atoms with E-state index in [1.807, 2.05) is 40.7 Å². The summed E-state index contributed by atoms with van der Waals surface area (Å²) in [5.74, 6) is 0.160. The zero-order valence-corrected chi connectivity index (χ0v) is 14.4. The van der Waals surface area contributed by atoms with E-state index < -0.39 is 0 Å². The van der Waals surface area contributed by atoms with Crippen molar-refractivity contribution in [2.24, 2.45) is 0 Å². The Hall–Kier alpha value is -2.08. The summed E-state index contributed by atoms with van der Waals surface area (Å²) in [5.41, 5.74) is 1.77. The number of para-hydroxylation sites is 2. The molecule has 24 heavy (non-hydrogen) atoms. The van der Waals surface area contributed by atoms with Crippen LogP contribution in [0.4, 0.5) is 0 Å². The zero-order valence-electron chi connectivity index (χ0n) is 14.4. The maximum Gasteiger partial charge on any atom is 0.326 e. The number of carbonyl (C=O) groups excluding carboxylic acids is 1. The number of fused-ring (bicyclic) bond motifs is 1. The lowest BCUT2D eigenvalue weighted by molar-refractivity contribution is -0.134. The van der Waals surface area contributed by atoms with Gasteiger partial charge in [-0.3, -0.25) is 9.36 Å². The van der Waals surface area contributed by atoms with E-state index in [-0.39, 0.29) is 23.7 Å². The predicted octanol–water partition coefficient (Wildman–Crippen LogP) is 1.88. The number of nitrogens with zero attached hydrogens (tertiary/aromatic N) is 2. The van der Waals surface area contributed by atoms with Crippen LogP contribution in [0.5, 0.6) is 0 Å². The molecule has 1 aliphatic heterocycles. The third-order valence-electron chi connectivity index (χ3n) is 4.84. The van der Waals surface area contributed by atoms with Gasteiger partial charge in [0.05, 0.1) is 17.1 Å². The fourth-order valence-corrected chi connectivity index (χ4v) is 3.50. The highest BCUT2D eigenvalue weighted by atomic mass is 16.2. The number of H-pyrrole nitrogens is 1. The van der Waals surface area contributed by atoms with Gasteiger partial charge >= 0.3 is 5.69 Å². The summed E-state index contributed by atoms with van der Waals surface area (Å²) in [4.78, 5) is 29.6. The lowest BCUT2D eigenvalue weighted by atomic mass is 10.0. The highest BCUT2D eigenvalue weighted by molar-refractivity contribution is 5.81. The number of benzene rings is 1. The van der Waals surface area contributed by atoms with Gasteiger partial charge in [0, 0.05) is 19.1 Å². The zero-order chi connectivity index (χ0) is 17.1. The third-order valence-corrected chi connectivity index (χ3v) is 4.84. The number of rotatable bonds is 5. The van der Waals surface area contributed by atoms with Crippen LogP contribution in [0, 0.1) is 0 Å². The second kappa shape index (κ2) is 7.21. The van der Waals surface area contributed by atoms with Crippen LogP contribution in [0.25, 0.3) is 11.0 Å². The Kier molecular flexibility index (Phi) is 5.04. The van der Waals surface area contributed by atoms with Crippen molar-refractivity contribution < 1.29 is 4.79 Å². The van der Waals surface area contributed by atoms with Gasteiger partial charge < -0.3 is 15.2 Å². The summed E-state index contributed by atoms with van der Waals surface area (Å²) in [7, 11) is 0. The predicted molar refractivity (Wildman–Crippen MR) is 95.2 cm³/mol. The molecule has 1 fully saturated rings. The van der Waals surface area contributed by atoms with Gasteiger partial charge in [-0.15, -0.1) is 0 Å². The normalized spacial score (nSPS) is 17.3. The Labute approximate surface area is 141 Å². The van der Waals surface area contributed by atoms with Crippen LogP contribution in [0.2, 0.25) is 0 Å². The average molecular weight is 330 g/mol. The summed E-state index contributed by atoms with van der Waals surface area (Å²) >= 11 is 0. The molecule has 1 aliphatic rings. The fraction of sp³-hybridized carbons (Fsp3) is 0.556. The Bertz CT molecular complexity index is 756. The SMILES string of the molecule is CCCNC(C)C(=O)N1CCC(n2c(=O)[nH]c3ccccc32)CC1. The highest BCUT2D eigenvalue weighted by Gasteiger charge is 2.27. The maximum absolute atomic E-state index is 12.5. The summed E-state index contributed by atoms with van der Waals surface area (Å²) < 4.78 is 1.86. The molecule has 6 nitrogen and oxygen atoms in total. The van der Waals surface area contributed by atoms with E-state index in [2.05, 4.69) is 17.2 Å². The Morgan fingerprint density at radius 3 is 2.75 bits per heavy atom. The lowest BCUT2D eigenvalue weighted by Crippen LogP contribution is -2.48. The lowest BCUT2D eigenvalue weighted by Gasteiger charge is -2.34. The first-order chi connectivity index (χ1) is 11.6. The van der Waals surface area contributed by atoms with Gasteiger partial charge in [0.25, 0.3) is 0 Å². The molecule has 0 spiro atoms. The molecule has 2 heterocycles. The molecule has 0 bridgehead atoms. The molecule has 130 valence electrons. The van der Waals surface area contributed by atoms with Crippen LogP contribution in [-0.4, -0.2) is 46.0 Å². The molecule has 2 N–H and O–H groups in total. The quantitative estimate of drug-likeness (QED) is 0.879. The summed E-state index contributed by atoms with van der Waals surface area (Å²) in [6.07, 6.45) is 2.64. The minimum absolute atomic E-state index is 0.0565. The topological polar surface area (TPSA) is 70.1 Å². The van der Waals surface area contributed by atoms with Crippen LogP contribution in [0.15, 0.2) is 29.1 Å². The molecular weight excluding hydrogens is 304 g/mol. The third kappa shape index (κ3) is 3.24. The standard InChI is InChI=1S/C18H26N4O2/c1-3-10-19-13(2)17(23)21-11-8-14(9-12-21)22-16-7-5-4-6-15(16)20-18(22)24/h4-7,13-14,19H,3,8-12H2,1-2H3,(H,20,24). The van der Waals surface area contributed by atoms with Crippen molar-refractivity contribution in [3.05, 3.63) is 34.7 Å². The van der Waals surface area contributed by atoms with Crippen molar-refractivity contribution in [3.8, 4) is 0 Å². The number of imidazole rings is 1. The van der Waals surface area contributed by atoms with Gasteiger partial charge in [0.1, 0.15) is 0 Å². The van der Waals surface area contributed by atoms with Crippen LogP contribution in [-0.2, 0) is 4.79 Å². The highest BCUT2D eigenvalue weighted by Crippen LogP contribution is 2.25. The first-order valence-electron chi connectivity index (χ1n) is 8.83. The summed E-state index contributed by atoms with van der Waals surface area (Å²) in [6, 6.07) is 7.78. The first kappa shape index (κ1) is 16.8.